The molecule has 2 aromatic rings. The van der Waals surface area contributed by atoms with Gasteiger partial charge in [0.1, 0.15) is 0 Å². The highest BCUT2D eigenvalue weighted by Crippen LogP contribution is 2.29. The monoisotopic (exact) mass is 348 g/mol. The number of carbonyl (C=O) groups excluding carboxylic acids is 1. The number of anilines is 1. The number of rotatable bonds is 7. The SMILES string of the molecule is CCN(CC)CC(=O)Nc1ccc(Sc2ccc(Cl)cc2)cc1. The van der Waals surface area contributed by atoms with E-state index in [0.29, 0.717) is 6.54 Å². The topological polar surface area (TPSA) is 32.3 Å². The summed E-state index contributed by atoms with van der Waals surface area (Å²) in [5.74, 6) is 0.0202. The summed E-state index contributed by atoms with van der Waals surface area (Å²) in [6.07, 6.45) is 0. The highest BCUT2D eigenvalue weighted by molar-refractivity contribution is 7.99. The molecule has 0 saturated heterocycles. The van der Waals surface area contributed by atoms with Crippen LogP contribution in [-0.2, 0) is 4.79 Å². The second-order valence-corrected chi connectivity index (χ2v) is 6.67. The Balaban J connectivity index is 1.91. The van der Waals surface area contributed by atoms with Crippen molar-refractivity contribution in [1.82, 2.24) is 4.90 Å². The standard InChI is InChI=1S/C18H21ClN2OS/c1-3-21(4-2)13-18(22)20-15-7-11-17(12-8-15)23-16-9-5-14(19)6-10-16/h5-12H,3-4,13H2,1-2H3,(H,20,22). The summed E-state index contributed by atoms with van der Waals surface area (Å²) >= 11 is 7.55. The average Bonchev–Trinajstić information content (AvgIpc) is 2.56. The van der Waals surface area contributed by atoms with Gasteiger partial charge in [-0.3, -0.25) is 9.69 Å². The van der Waals surface area contributed by atoms with Gasteiger partial charge < -0.3 is 5.32 Å². The van der Waals surface area contributed by atoms with Gasteiger partial charge in [-0.15, -0.1) is 0 Å². The van der Waals surface area contributed by atoms with Gasteiger partial charge >= 0.3 is 0 Å². The summed E-state index contributed by atoms with van der Waals surface area (Å²) < 4.78 is 0. The van der Waals surface area contributed by atoms with Crippen molar-refractivity contribution < 1.29 is 4.79 Å². The van der Waals surface area contributed by atoms with E-state index in [1.807, 2.05) is 48.5 Å². The first-order valence-electron chi connectivity index (χ1n) is 7.66. The molecule has 0 spiro atoms. The van der Waals surface area contributed by atoms with Gasteiger partial charge in [-0.05, 0) is 61.6 Å². The Morgan fingerprint density at radius 3 is 2.04 bits per heavy atom. The number of amides is 1. The molecule has 23 heavy (non-hydrogen) atoms. The molecule has 0 aliphatic heterocycles. The number of likely N-dealkylation sites (N-methyl/N-ethyl adjacent to an activating group) is 1. The van der Waals surface area contributed by atoms with Crippen LogP contribution in [0.25, 0.3) is 0 Å². The molecule has 0 heterocycles. The normalized spacial score (nSPS) is 10.8. The van der Waals surface area contributed by atoms with Gasteiger partial charge in [0.15, 0.2) is 0 Å². The zero-order valence-electron chi connectivity index (χ0n) is 13.4. The lowest BCUT2D eigenvalue weighted by Gasteiger charge is -2.17. The molecule has 0 aromatic heterocycles. The van der Waals surface area contributed by atoms with Gasteiger partial charge in [-0.1, -0.05) is 37.2 Å². The van der Waals surface area contributed by atoms with E-state index < -0.39 is 0 Å². The number of hydrogen-bond donors (Lipinski definition) is 1. The van der Waals surface area contributed by atoms with Crippen molar-refractivity contribution in [2.75, 3.05) is 25.0 Å². The Morgan fingerprint density at radius 1 is 1.00 bits per heavy atom. The van der Waals surface area contributed by atoms with E-state index in [1.165, 1.54) is 0 Å². The molecule has 5 heteroatoms. The zero-order chi connectivity index (χ0) is 16.7. The predicted octanol–water partition coefficient (Wildman–Crippen LogP) is 4.77. The molecule has 0 unspecified atom stereocenters. The van der Waals surface area contributed by atoms with Crippen molar-refractivity contribution in [2.24, 2.45) is 0 Å². The van der Waals surface area contributed by atoms with Crippen LogP contribution in [0.3, 0.4) is 0 Å². The molecule has 0 aliphatic rings. The lowest BCUT2D eigenvalue weighted by atomic mass is 10.3. The third-order valence-electron chi connectivity index (χ3n) is 3.45. The van der Waals surface area contributed by atoms with Crippen LogP contribution < -0.4 is 5.32 Å². The lowest BCUT2D eigenvalue weighted by Crippen LogP contribution is -2.32. The summed E-state index contributed by atoms with van der Waals surface area (Å²) in [5, 5.41) is 3.67. The molecule has 0 aliphatic carbocycles. The van der Waals surface area contributed by atoms with E-state index in [9.17, 15) is 4.79 Å². The molecule has 3 nitrogen and oxygen atoms in total. The van der Waals surface area contributed by atoms with E-state index >= 15 is 0 Å². The Morgan fingerprint density at radius 2 is 1.52 bits per heavy atom. The van der Waals surface area contributed by atoms with Crippen molar-refractivity contribution in [1.29, 1.82) is 0 Å². The number of benzene rings is 2. The van der Waals surface area contributed by atoms with Gasteiger partial charge in [-0.25, -0.2) is 0 Å². The zero-order valence-corrected chi connectivity index (χ0v) is 15.0. The van der Waals surface area contributed by atoms with E-state index in [1.54, 1.807) is 11.8 Å². The van der Waals surface area contributed by atoms with Crippen molar-refractivity contribution >= 4 is 35.0 Å². The molecular weight excluding hydrogens is 328 g/mol. The van der Waals surface area contributed by atoms with E-state index in [-0.39, 0.29) is 5.91 Å². The highest BCUT2D eigenvalue weighted by Gasteiger charge is 2.07. The highest BCUT2D eigenvalue weighted by atomic mass is 35.5. The maximum absolute atomic E-state index is 12.0. The predicted molar refractivity (Wildman–Crippen MR) is 98.4 cm³/mol. The second kappa shape index (κ2) is 8.96. The summed E-state index contributed by atoms with van der Waals surface area (Å²) in [7, 11) is 0. The Kier molecular flexibility index (Phi) is 6.96. The second-order valence-electron chi connectivity index (χ2n) is 5.09. The van der Waals surface area contributed by atoms with Gasteiger partial charge in [-0.2, -0.15) is 0 Å². The third kappa shape index (κ3) is 5.90. The van der Waals surface area contributed by atoms with Crippen LogP contribution in [0.15, 0.2) is 58.3 Å². The molecule has 0 radical (unpaired) electrons. The minimum Gasteiger partial charge on any atom is -0.325 e. The molecule has 0 atom stereocenters. The summed E-state index contributed by atoms with van der Waals surface area (Å²) in [6, 6.07) is 15.6. The first-order chi connectivity index (χ1) is 11.1. The minimum absolute atomic E-state index is 0.0202. The smallest absolute Gasteiger partial charge is 0.238 e. The van der Waals surface area contributed by atoms with Crippen LogP contribution in [0, 0.1) is 0 Å². The summed E-state index contributed by atoms with van der Waals surface area (Å²) in [4.78, 5) is 16.3. The van der Waals surface area contributed by atoms with Crippen molar-refractivity contribution in [3.05, 3.63) is 53.6 Å². The summed E-state index contributed by atoms with van der Waals surface area (Å²) in [5.41, 5.74) is 0.822. The summed E-state index contributed by atoms with van der Waals surface area (Å²) in [6.45, 7) is 6.29. The van der Waals surface area contributed by atoms with Gasteiger partial charge in [0.25, 0.3) is 0 Å². The van der Waals surface area contributed by atoms with E-state index in [2.05, 4.69) is 24.1 Å². The Bertz CT molecular complexity index is 624. The van der Waals surface area contributed by atoms with Crippen molar-refractivity contribution in [2.45, 2.75) is 23.6 Å². The van der Waals surface area contributed by atoms with Crippen LogP contribution in [0.4, 0.5) is 5.69 Å². The number of hydrogen-bond acceptors (Lipinski definition) is 3. The van der Waals surface area contributed by atoms with Crippen molar-refractivity contribution in [3.8, 4) is 0 Å². The fourth-order valence-electron chi connectivity index (χ4n) is 2.10. The van der Waals surface area contributed by atoms with Crippen LogP contribution in [-0.4, -0.2) is 30.4 Å². The fraction of sp³-hybridized carbons (Fsp3) is 0.278. The lowest BCUT2D eigenvalue weighted by molar-refractivity contribution is -0.117. The quantitative estimate of drug-likeness (QED) is 0.782. The molecule has 0 fully saturated rings. The van der Waals surface area contributed by atoms with E-state index in [0.717, 1.165) is 33.6 Å². The Labute approximate surface area is 147 Å². The largest absolute Gasteiger partial charge is 0.325 e. The van der Waals surface area contributed by atoms with Gasteiger partial charge in [0.2, 0.25) is 5.91 Å². The molecular formula is C18H21ClN2OS. The fourth-order valence-corrected chi connectivity index (χ4v) is 3.04. The number of nitrogens with zero attached hydrogens (tertiary/aromatic N) is 1. The first-order valence-corrected chi connectivity index (χ1v) is 8.86. The first kappa shape index (κ1) is 17.9. The Hall–Kier alpha value is -1.49. The average molecular weight is 349 g/mol. The third-order valence-corrected chi connectivity index (χ3v) is 4.72. The molecule has 2 rings (SSSR count). The minimum atomic E-state index is 0.0202. The number of carbonyl (C=O) groups is 1. The molecule has 0 saturated carbocycles. The molecule has 122 valence electrons. The van der Waals surface area contributed by atoms with Gasteiger partial charge in [0, 0.05) is 20.5 Å². The molecule has 2 aromatic carbocycles. The van der Waals surface area contributed by atoms with E-state index in [4.69, 9.17) is 11.6 Å². The number of halogens is 1. The number of nitrogens with one attached hydrogen (secondary N) is 1. The maximum Gasteiger partial charge on any atom is 0.238 e. The molecule has 1 amide bonds. The molecule has 0 bridgehead atoms. The van der Waals surface area contributed by atoms with Crippen LogP contribution in [0.1, 0.15) is 13.8 Å². The van der Waals surface area contributed by atoms with Crippen LogP contribution in [0.5, 0.6) is 0 Å². The maximum atomic E-state index is 12.0. The molecule has 1 N–H and O–H groups in total. The van der Waals surface area contributed by atoms with Gasteiger partial charge in [0.05, 0.1) is 6.54 Å². The van der Waals surface area contributed by atoms with Crippen LogP contribution in [0.2, 0.25) is 5.02 Å². The van der Waals surface area contributed by atoms with Crippen molar-refractivity contribution in [3.63, 3.8) is 0 Å². The van der Waals surface area contributed by atoms with Crippen LogP contribution >= 0.6 is 23.4 Å².